The normalized spacial score (nSPS) is 16.2. The third kappa shape index (κ3) is 3.77. The van der Waals surface area contributed by atoms with Crippen molar-refractivity contribution in [3.8, 4) is 11.5 Å². The van der Waals surface area contributed by atoms with Crippen molar-refractivity contribution in [1.82, 2.24) is 0 Å². The third-order valence-corrected chi connectivity index (χ3v) is 4.40. The summed E-state index contributed by atoms with van der Waals surface area (Å²) in [5, 5.41) is 0. The van der Waals surface area contributed by atoms with Gasteiger partial charge in [-0.25, -0.2) is 0 Å². The van der Waals surface area contributed by atoms with Crippen LogP contribution in [0.15, 0.2) is 70.3 Å². The molecule has 0 spiro atoms. The number of nitrogens with zero attached hydrogens (tertiary/aromatic N) is 2. The number of alkyl halides is 3. The fraction of sp³-hybridized carbons (Fsp3) is 0.150. The Morgan fingerprint density at radius 2 is 1.66 bits per heavy atom. The molecule has 9 heteroatoms. The highest BCUT2D eigenvalue weighted by Crippen LogP contribution is 2.38. The number of benzene rings is 2. The Morgan fingerprint density at radius 1 is 1.00 bits per heavy atom. The van der Waals surface area contributed by atoms with E-state index in [1.165, 1.54) is 30.5 Å². The minimum atomic E-state index is -4.76. The van der Waals surface area contributed by atoms with E-state index in [-0.39, 0.29) is 5.75 Å². The first-order valence-corrected chi connectivity index (χ1v) is 8.57. The van der Waals surface area contributed by atoms with Crippen molar-refractivity contribution in [3.63, 3.8) is 0 Å². The number of hydrogen-bond acceptors (Lipinski definition) is 6. The number of anilines is 1. The number of methoxy groups -OCH3 is 1. The van der Waals surface area contributed by atoms with E-state index in [2.05, 4.69) is 9.73 Å². The lowest BCUT2D eigenvalue weighted by Crippen LogP contribution is -2.41. The summed E-state index contributed by atoms with van der Waals surface area (Å²) < 4.78 is 51.9. The van der Waals surface area contributed by atoms with Gasteiger partial charge in [0.15, 0.2) is 0 Å². The largest absolute Gasteiger partial charge is 0.573 e. The zero-order chi connectivity index (χ0) is 20.6. The van der Waals surface area contributed by atoms with E-state index in [4.69, 9.17) is 14.9 Å². The first-order valence-electron chi connectivity index (χ1n) is 8.57. The lowest BCUT2D eigenvalue weighted by Gasteiger charge is -2.34. The fourth-order valence-corrected chi connectivity index (χ4v) is 3.08. The van der Waals surface area contributed by atoms with Crippen LogP contribution in [0.3, 0.4) is 0 Å². The van der Waals surface area contributed by atoms with Gasteiger partial charge in [0, 0.05) is 11.3 Å². The van der Waals surface area contributed by atoms with Crippen LogP contribution in [0.4, 0.5) is 24.7 Å². The molecule has 0 saturated heterocycles. The summed E-state index contributed by atoms with van der Waals surface area (Å²) in [6.45, 7) is 0. The highest BCUT2D eigenvalue weighted by atomic mass is 19.4. The molecule has 0 radical (unpaired) electrons. The first-order chi connectivity index (χ1) is 13.9. The van der Waals surface area contributed by atoms with Crippen LogP contribution in [0, 0.1) is 0 Å². The summed E-state index contributed by atoms with van der Waals surface area (Å²) >= 11 is 0. The topological polar surface area (TPSA) is 73.2 Å². The predicted molar refractivity (Wildman–Crippen MR) is 100 cm³/mol. The van der Waals surface area contributed by atoms with Crippen molar-refractivity contribution >= 4 is 17.4 Å². The van der Waals surface area contributed by atoms with Crippen molar-refractivity contribution in [2.24, 2.45) is 10.7 Å². The van der Waals surface area contributed by atoms with Crippen LogP contribution in [-0.4, -0.2) is 19.3 Å². The zero-order valence-corrected chi connectivity index (χ0v) is 15.2. The molecule has 4 rings (SSSR count). The highest BCUT2D eigenvalue weighted by Gasteiger charge is 2.33. The number of ether oxygens (including phenoxy) is 2. The molecule has 3 aromatic rings. The summed E-state index contributed by atoms with van der Waals surface area (Å²) in [4.78, 5) is 6.28. The highest BCUT2D eigenvalue weighted by molar-refractivity contribution is 6.12. The third-order valence-electron chi connectivity index (χ3n) is 4.40. The fourth-order valence-electron chi connectivity index (χ4n) is 3.08. The van der Waals surface area contributed by atoms with Gasteiger partial charge < -0.3 is 24.5 Å². The van der Waals surface area contributed by atoms with Gasteiger partial charge in [-0.1, -0.05) is 0 Å². The van der Waals surface area contributed by atoms with Crippen LogP contribution in [-0.2, 0) is 0 Å². The minimum absolute atomic E-state index is 0.321. The number of halogens is 3. The average Bonchev–Trinajstić information content (AvgIpc) is 3.17. The van der Waals surface area contributed by atoms with Gasteiger partial charge in [-0.05, 0) is 54.6 Å². The standard InChI is InChI=1S/C20H16F3N3O3/c1-27-14-6-2-12(3-7-14)18-25-19-16(10-11-28-19)17(24)26(18)13-4-8-15(9-5-13)29-20(21,22)23/h2-11,17H,24H2,1H3. The second-order valence-corrected chi connectivity index (χ2v) is 6.20. The number of furan rings is 1. The van der Waals surface area contributed by atoms with Gasteiger partial charge in [0.05, 0.1) is 18.9 Å². The van der Waals surface area contributed by atoms with E-state index in [1.807, 2.05) is 12.1 Å². The number of nitrogens with two attached hydrogens (primary N) is 1. The molecule has 6 nitrogen and oxygen atoms in total. The SMILES string of the molecule is COc1ccc(C2=Nc3occc3C(N)N2c2ccc(OC(F)(F)F)cc2)cc1. The van der Waals surface area contributed by atoms with Crippen molar-refractivity contribution in [2.75, 3.05) is 12.0 Å². The molecule has 0 amide bonds. The maximum atomic E-state index is 12.4. The number of fused-ring (bicyclic) bond motifs is 1. The maximum absolute atomic E-state index is 12.4. The molecular weight excluding hydrogens is 387 g/mol. The van der Waals surface area contributed by atoms with Crippen LogP contribution in [0.2, 0.25) is 0 Å². The van der Waals surface area contributed by atoms with E-state index in [0.717, 1.165) is 5.56 Å². The van der Waals surface area contributed by atoms with E-state index in [0.29, 0.717) is 28.7 Å². The molecule has 0 fully saturated rings. The maximum Gasteiger partial charge on any atom is 0.573 e. The Bertz CT molecular complexity index is 1030. The van der Waals surface area contributed by atoms with Gasteiger partial charge in [0.25, 0.3) is 0 Å². The van der Waals surface area contributed by atoms with E-state index >= 15 is 0 Å². The first kappa shape index (κ1) is 18.9. The Morgan fingerprint density at radius 3 is 2.28 bits per heavy atom. The summed E-state index contributed by atoms with van der Waals surface area (Å²) in [5.74, 6) is 1.23. The van der Waals surface area contributed by atoms with E-state index in [9.17, 15) is 13.2 Å². The Balaban J connectivity index is 1.74. The molecular formula is C20H16F3N3O3. The molecule has 150 valence electrons. The van der Waals surface area contributed by atoms with Gasteiger partial charge in [-0.3, -0.25) is 0 Å². The summed E-state index contributed by atoms with van der Waals surface area (Å²) in [6.07, 6.45) is -3.92. The molecule has 1 atom stereocenters. The molecule has 0 saturated carbocycles. The van der Waals surface area contributed by atoms with Crippen molar-refractivity contribution in [1.29, 1.82) is 0 Å². The van der Waals surface area contributed by atoms with Crippen LogP contribution in [0.5, 0.6) is 11.5 Å². The Kier molecular flexibility index (Phi) is 4.67. The Labute approximate surface area is 164 Å². The smallest absolute Gasteiger partial charge is 0.497 e. The summed E-state index contributed by atoms with van der Waals surface area (Å²) in [6, 6.07) is 14.3. The number of rotatable bonds is 4. The number of hydrogen-bond donors (Lipinski definition) is 1. The van der Waals surface area contributed by atoms with Gasteiger partial charge >= 0.3 is 6.36 Å². The molecule has 1 aliphatic heterocycles. The van der Waals surface area contributed by atoms with Crippen molar-refractivity contribution in [2.45, 2.75) is 12.5 Å². The quantitative estimate of drug-likeness (QED) is 0.681. The van der Waals surface area contributed by atoms with Gasteiger partial charge in [0.2, 0.25) is 5.88 Å². The second kappa shape index (κ2) is 7.17. The summed E-state index contributed by atoms with van der Waals surface area (Å²) in [5.41, 5.74) is 8.39. The van der Waals surface area contributed by atoms with E-state index in [1.54, 1.807) is 30.2 Å². The predicted octanol–water partition coefficient (Wildman–Crippen LogP) is 4.74. The molecule has 2 N–H and O–H groups in total. The number of amidine groups is 1. The molecule has 2 heterocycles. The van der Waals surface area contributed by atoms with Crippen molar-refractivity contribution in [3.05, 3.63) is 72.0 Å². The molecule has 0 bridgehead atoms. The van der Waals surface area contributed by atoms with Gasteiger partial charge in [-0.15, -0.1) is 13.2 Å². The zero-order valence-electron chi connectivity index (χ0n) is 15.2. The van der Waals surface area contributed by atoms with Gasteiger partial charge in [0.1, 0.15) is 23.5 Å². The van der Waals surface area contributed by atoms with Crippen LogP contribution in [0.1, 0.15) is 17.3 Å². The van der Waals surface area contributed by atoms with Gasteiger partial charge in [-0.2, -0.15) is 4.99 Å². The average molecular weight is 403 g/mol. The van der Waals surface area contributed by atoms with E-state index < -0.39 is 12.5 Å². The second-order valence-electron chi connectivity index (χ2n) is 6.20. The molecule has 29 heavy (non-hydrogen) atoms. The summed E-state index contributed by atoms with van der Waals surface area (Å²) in [7, 11) is 1.56. The minimum Gasteiger partial charge on any atom is -0.497 e. The van der Waals surface area contributed by atoms with Crippen molar-refractivity contribution < 1.29 is 27.1 Å². The lowest BCUT2D eigenvalue weighted by atomic mass is 10.1. The lowest BCUT2D eigenvalue weighted by molar-refractivity contribution is -0.274. The molecule has 1 aliphatic rings. The molecule has 0 aliphatic carbocycles. The molecule has 2 aromatic carbocycles. The Hall–Kier alpha value is -3.46. The molecule has 1 unspecified atom stereocenters. The van der Waals surface area contributed by atoms with Crippen LogP contribution >= 0.6 is 0 Å². The van der Waals surface area contributed by atoms with Crippen LogP contribution in [0.25, 0.3) is 0 Å². The molecule has 1 aromatic heterocycles. The number of aliphatic imine (C=N–C) groups is 1. The monoisotopic (exact) mass is 403 g/mol. The van der Waals surface area contributed by atoms with Crippen LogP contribution < -0.4 is 20.1 Å².